The Morgan fingerprint density at radius 1 is 1.24 bits per heavy atom. The zero-order chi connectivity index (χ0) is 12.2. The van der Waals surface area contributed by atoms with Crippen LogP contribution in [-0.4, -0.2) is 0 Å². The fraction of sp³-hybridized carbons (Fsp3) is 0.333. The summed E-state index contributed by atoms with van der Waals surface area (Å²) in [6.45, 7) is 4.53. The topological polar surface area (TPSA) is 26.0 Å². The maximum Gasteiger partial charge on any atom is 0.0487 e. The van der Waals surface area contributed by atoms with E-state index in [9.17, 15) is 0 Å². The van der Waals surface area contributed by atoms with Gasteiger partial charge in [0.1, 0.15) is 0 Å². The lowest BCUT2D eigenvalue weighted by molar-refractivity contribution is 0.483. The molecule has 2 N–H and O–H groups in total. The van der Waals surface area contributed by atoms with E-state index >= 15 is 0 Å². The summed E-state index contributed by atoms with van der Waals surface area (Å²) in [7, 11) is 0. The lowest BCUT2D eigenvalue weighted by Crippen LogP contribution is -2.14. The van der Waals surface area contributed by atoms with Gasteiger partial charge in [-0.3, -0.25) is 0 Å². The first-order valence-electron chi connectivity index (χ1n) is 5.98. The van der Waals surface area contributed by atoms with E-state index < -0.39 is 0 Å². The van der Waals surface area contributed by atoms with Gasteiger partial charge < -0.3 is 5.73 Å². The Bertz CT molecular complexity index is 601. The van der Waals surface area contributed by atoms with Crippen LogP contribution < -0.4 is 5.73 Å². The molecule has 3 rings (SSSR count). The summed E-state index contributed by atoms with van der Waals surface area (Å²) in [6, 6.07) is 10.5. The quantitative estimate of drug-likeness (QED) is 0.741. The number of nitrogens with two attached hydrogens (primary N) is 1. The molecule has 0 amide bonds. The van der Waals surface area contributed by atoms with Crippen LogP contribution in [0.2, 0.25) is 5.02 Å². The molecule has 0 bridgehead atoms. The standard InChI is InChI=1S/C15H16ClN/c1-15(2)8-13(17)11-7-12(16)9-5-3-4-6-10(9)14(11)15/h3-7,13H,8,17H2,1-2H3. The predicted octanol–water partition coefficient (Wildman–Crippen LogP) is 4.17. The second kappa shape index (κ2) is 3.47. The molecule has 0 heterocycles. The Kier molecular flexibility index (Phi) is 2.26. The Labute approximate surface area is 107 Å². The SMILES string of the molecule is CC1(C)CC(N)c2cc(Cl)c3ccccc3c21. The largest absolute Gasteiger partial charge is 0.324 e. The smallest absolute Gasteiger partial charge is 0.0487 e. The molecule has 17 heavy (non-hydrogen) atoms. The molecule has 88 valence electrons. The van der Waals surface area contributed by atoms with Gasteiger partial charge in [-0.2, -0.15) is 0 Å². The minimum Gasteiger partial charge on any atom is -0.324 e. The van der Waals surface area contributed by atoms with Crippen LogP contribution in [0.5, 0.6) is 0 Å². The molecule has 1 unspecified atom stereocenters. The van der Waals surface area contributed by atoms with Gasteiger partial charge in [-0.05, 0) is 34.4 Å². The first-order chi connectivity index (χ1) is 8.00. The van der Waals surface area contributed by atoms with Gasteiger partial charge in [0.05, 0.1) is 0 Å². The van der Waals surface area contributed by atoms with Crippen molar-refractivity contribution in [3.05, 3.63) is 46.5 Å². The van der Waals surface area contributed by atoms with E-state index in [-0.39, 0.29) is 11.5 Å². The van der Waals surface area contributed by atoms with E-state index in [1.165, 1.54) is 16.5 Å². The van der Waals surface area contributed by atoms with Crippen LogP contribution in [0.1, 0.15) is 37.4 Å². The number of halogens is 1. The summed E-state index contributed by atoms with van der Waals surface area (Å²) >= 11 is 6.34. The van der Waals surface area contributed by atoms with Crippen molar-refractivity contribution in [1.82, 2.24) is 0 Å². The first-order valence-corrected chi connectivity index (χ1v) is 6.36. The zero-order valence-corrected chi connectivity index (χ0v) is 10.9. The van der Waals surface area contributed by atoms with E-state index in [0.29, 0.717) is 0 Å². The van der Waals surface area contributed by atoms with Crippen LogP contribution in [0.25, 0.3) is 10.8 Å². The molecule has 0 aromatic heterocycles. The van der Waals surface area contributed by atoms with Crippen LogP contribution >= 0.6 is 11.6 Å². The molecule has 1 atom stereocenters. The van der Waals surface area contributed by atoms with Gasteiger partial charge in [0.15, 0.2) is 0 Å². The summed E-state index contributed by atoms with van der Waals surface area (Å²) in [4.78, 5) is 0. The monoisotopic (exact) mass is 245 g/mol. The van der Waals surface area contributed by atoms with Crippen LogP contribution in [-0.2, 0) is 5.41 Å². The molecule has 2 aromatic rings. The highest BCUT2D eigenvalue weighted by Crippen LogP contribution is 2.48. The second-order valence-corrected chi connectivity index (χ2v) is 5.97. The van der Waals surface area contributed by atoms with Crippen molar-refractivity contribution in [2.24, 2.45) is 5.73 Å². The van der Waals surface area contributed by atoms with Gasteiger partial charge in [0.2, 0.25) is 0 Å². The first kappa shape index (κ1) is 11.1. The second-order valence-electron chi connectivity index (χ2n) is 5.56. The highest BCUT2D eigenvalue weighted by atomic mass is 35.5. The Morgan fingerprint density at radius 2 is 1.88 bits per heavy atom. The minimum atomic E-state index is 0.113. The van der Waals surface area contributed by atoms with Crippen LogP contribution in [0.3, 0.4) is 0 Å². The van der Waals surface area contributed by atoms with Crippen molar-refractivity contribution >= 4 is 22.4 Å². The van der Waals surface area contributed by atoms with E-state index in [1.54, 1.807) is 0 Å². The highest BCUT2D eigenvalue weighted by Gasteiger charge is 2.36. The van der Waals surface area contributed by atoms with Gasteiger partial charge in [-0.25, -0.2) is 0 Å². The third kappa shape index (κ3) is 1.50. The molecule has 0 saturated carbocycles. The molecule has 2 aromatic carbocycles. The fourth-order valence-electron chi connectivity index (χ4n) is 3.16. The van der Waals surface area contributed by atoms with Crippen LogP contribution in [0.4, 0.5) is 0 Å². The molecule has 1 aliphatic rings. The highest BCUT2D eigenvalue weighted by molar-refractivity contribution is 6.35. The Hall–Kier alpha value is -1.05. The van der Waals surface area contributed by atoms with Crippen LogP contribution in [0.15, 0.2) is 30.3 Å². The fourth-order valence-corrected chi connectivity index (χ4v) is 3.44. The number of fused-ring (bicyclic) bond motifs is 3. The molecule has 0 spiro atoms. The summed E-state index contributed by atoms with van der Waals surface area (Å²) in [5.74, 6) is 0. The Balaban J connectivity index is 2.47. The van der Waals surface area contributed by atoms with Gasteiger partial charge in [-0.15, -0.1) is 0 Å². The lowest BCUT2D eigenvalue weighted by Gasteiger charge is -2.21. The van der Waals surface area contributed by atoms with Gasteiger partial charge in [0.25, 0.3) is 0 Å². The van der Waals surface area contributed by atoms with Crippen molar-refractivity contribution in [2.75, 3.05) is 0 Å². The maximum absolute atomic E-state index is 6.34. The molecular formula is C15H16ClN. The third-order valence-electron chi connectivity index (χ3n) is 3.83. The van der Waals surface area contributed by atoms with Crippen molar-refractivity contribution in [1.29, 1.82) is 0 Å². The van der Waals surface area contributed by atoms with E-state index in [0.717, 1.165) is 16.8 Å². The predicted molar refractivity (Wildman–Crippen MR) is 73.5 cm³/mol. The van der Waals surface area contributed by atoms with Crippen molar-refractivity contribution < 1.29 is 0 Å². The number of rotatable bonds is 0. The molecule has 0 aliphatic heterocycles. The van der Waals surface area contributed by atoms with Crippen molar-refractivity contribution in [2.45, 2.75) is 31.7 Å². The summed E-state index contributed by atoms with van der Waals surface area (Å²) in [6.07, 6.45) is 0.993. The molecule has 1 nitrogen and oxygen atoms in total. The van der Waals surface area contributed by atoms with Gasteiger partial charge in [-0.1, -0.05) is 49.7 Å². The summed E-state index contributed by atoms with van der Waals surface area (Å²) in [5, 5.41) is 3.20. The number of hydrogen-bond donors (Lipinski definition) is 1. The average molecular weight is 246 g/mol. The van der Waals surface area contributed by atoms with E-state index in [2.05, 4.69) is 38.1 Å². The van der Waals surface area contributed by atoms with Gasteiger partial charge >= 0.3 is 0 Å². The molecule has 1 aliphatic carbocycles. The average Bonchev–Trinajstić information content (AvgIpc) is 2.49. The van der Waals surface area contributed by atoms with Crippen molar-refractivity contribution in [3.63, 3.8) is 0 Å². The molecule has 2 heteroatoms. The summed E-state index contributed by atoms with van der Waals surface area (Å²) < 4.78 is 0. The maximum atomic E-state index is 6.34. The van der Waals surface area contributed by atoms with Crippen molar-refractivity contribution in [3.8, 4) is 0 Å². The van der Waals surface area contributed by atoms with E-state index in [1.807, 2.05) is 6.07 Å². The molecule has 0 fully saturated rings. The van der Waals surface area contributed by atoms with Crippen LogP contribution in [0, 0.1) is 0 Å². The zero-order valence-electron chi connectivity index (χ0n) is 10.1. The van der Waals surface area contributed by atoms with E-state index in [4.69, 9.17) is 17.3 Å². The lowest BCUT2D eigenvalue weighted by atomic mass is 9.83. The van der Waals surface area contributed by atoms with Gasteiger partial charge in [0, 0.05) is 16.5 Å². The summed E-state index contributed by atoms with van der Waals surface area (Å²) in [5.41, 5.74) is 8.96. The minimum absolute atomic E-state index is 0.113. The Morgan fingerprint density at radius 3 is 2.59 bits per heavy atom. The third-order valence-corrected chi connectivity index (χ3v) is 4.14. The molecule has 0 saturated heterocycles. The normalized spacial score (nSPS) is 21.8. The number of hydrogen-bond acceptors (Lipinski definition) is 1. The number of benzene rings is 2. The molecular weight excluding hydrogens is 230 g/mol. The molecule has 0 radical (unpaired) electrons.